The van der Waals surface area contributed by atoms with E-state index in [-0.39, 0.29) is 17.7 Å². The molecule has 6 nitrogen and oxygen atoms in total. The predicted octanol–water partition coefficient (Wildman–Crippen LogP) is 4.28. The van der Waals surface area contributed by atoms with Gasteiger partial charge in [0.05, 0.1) is 0 Å². The second-order valence-corrected chi connectivity index (χ2v) is 8.32. The summed E-state index contributed by atoms with van der Waals surface area (Å²) in [7, 11) is 0. The number of oxazole rings is 1. The predicted molar refractivity (Wildman–Crippen MR) is 110 cm³/mol. The molecule has 2 aliphatic heterocycles. The van der Waals surface area contributed by atoms with Crippen molar-refractivity contribution in [1.29, 1.82) is 0 Å². The summed E-state index contributed by atoms with van der Waals surface area (Å²) >= 11 is 5.91. The number of hydrogen-bond donors (Lipinski definition) is 0. The molecule has 0 atom stereocenters. The quantitative estimate of drug-likeness (QED) is 0.750. The third-order valence-corrected chi connectivity index (χ3v) is 6.13. The first-order valence-corrected chi connectivity index (χ1v) is 10.7. The molecule has 0 aliphatic carbocycles. The van der Waals surface area contributed by atoms with Crippen molar-refractivity contribution in [3.63, 3.8) is 0 Å². The van der Waals surface area contributed by atoms with Crippen LogP contribution in [-0.4, -0.2) is 52.8 Å². The van der Waals surface area contributed by atoms with Crippen molar-refractivity contribution in [2.45, 2.75) is 44.9 Å². The van der Waals surface area contributed by atoms with E-state index in [0.29, 0.717) is 41.0 Å². The Bertz CT molecular complexity index is 879. The van der Waals surface area contributed by atoms with Crippen molar-refractivity contribution >= 4 is 23.4 Å². The van der Waals surface area contributed by atoms with Crippen LogP contribution in [0.3, 0.4) is 0 Å². The monoisotopic (exact) mass is 415 g/mol. The van der Waals surface area contributed by atoms with Crippen molar-refractivity contribution in [2.75, 3.05) is 26.2 Å². The minimum atomic E-state index is -0.0208. The van der Waals surface area contributed by atoms with Crippen LogP contribution in [0.15, 0.2) is 28.7 Å². The van der Waals surface area contributed by atoms with E-state index in [1.807, 2.05) is 16.7 Å². The third kappa shape index (κ3) is 4.32. The number of aryl methyl sites for hydroxylation is 1. The van der Waals surface area contributed by atoms with Crippen molar-refractivity contribution in [1.82, 2.24) is 14.8 Å². The lowest BCUT2D eigenvalue weighted by molar-refractivity contribution is 0.0704. The van der Waals surface area contributed by atoms with Gasteiger partial charge in [-0.05, 0) is 63.3 Å². The van der Waals surface area contributed by atoms with Gasteiger partial charge in [0.2, 0.25) is 0 Å². The first-order chi connectivity index (χ1) is 14.0. The molecule has 3 heterocycles. The Morgan fingerprint density at radius 1 is 0.966 bits per heavy atom. The van der Waals surface area contributed by atoms with Crippen LogP contribution in [0.25, 0.3) is 0 Å². The fourth-order valence-corrected chi connectivity index (χ4v) is 4.27. The maximum absolute atomic E-state index is 12.8. The summed E-state index contributed by atoms with van der Waals surface area (Å²) in [6.45, 7) is 4.69. The molecule has 0 bridgehead atoms. The molecule has 1 aromatic heterocycles. The second-order valence-electron chi connectivity index (χ2n) is 7.88. The Kier molecular flexibility index (Phi) is 5.90. The number of rotatable bonds is 3. The van der Waals surface area contributed by atoms with Crippen LogP contribution in [0, 0.1) is 6.92 Å². The average Bonchev–Trinajstić information content (AvgIpc) is 3.15. The first-order valence-electron chi connectivity index (χ1n) is 10.3. The van der Waals surface area contributed by atoms with Crippen molar-refractivity contribution in [3.05, 3.63) is 52.2 Å². The van der Waals surface area contributed by atoms with Crippen molar-refractivity contribution in [3.8, 4) is 0 Å². The van der Waals surface area contributed by atoms with E-state index in [1.54, 1.807) is 24.3 Å². The number of carbonyl (C=O) groups is 2. The van der Waals surface area contributed by atoms with Gasteiger partial charge < -0.3 is 14.2 Å². The molecule has 2 fully saturated rings. The Morgan fingerprint density at radius 2 is 1.59 bits per heavy atom. The standard InChI is InChI=1S/C22H26ClN3O3/c1-15-19(22(28)25-11-3-2-4-12-25)24-20(29-15)16-9-13-26(14-10-16)21(27)17-5-7-18(23)8-6-17/h5-8,16H,2-4,9-14H2,1H3. The molecular formula is C22H26ClN3O3. The van der Waals surface area contributed by atoms with Gasteiger partial charge in [0.25, 0.3) is 11.8 Å². The topological polar surface area (TPSA) is 66.7 Å². The molecule has 2 aliphatic rings. The number of halogens is 1. The van der Waals surface area contributed by atoms with Crippen LogP contribution in [0.5, 0.6) is 0 Å². The van der Waals surface area contributed by atoms with E-state index < -0.39 is 0 Å². The fourth-order valence-electron chi connectivity index (χ4n) is 4.14. The van der Waals surface area contributed by atoms with Gasteiger partial charge in [-0.25, -0.2) is 4.98 Å². The molecule has 0 N–H and O–H groups in total. The largest absolute Gasteiger partial charge is 0.445 e. The highest BCUT2D eigenvalue weighted by molar-refractivity contribution is 6.30. The lowest BCUT2D eigenvalue weighted by atomic mass is 9.96. The summed E-state index contributed by atoms with van der Waals surface area (Å²) in [4.78, 5) is 33.8. The Hall–Kier alpha value is -2.34. The number of hydrogen-bond acceptors (Lipinski definition) is 4. The van der Waals surface area contributed by atoms with Gasteiger partial charge in [0.1, 0.15) is 5.76 Å². The molecule has 0 saturated carbocycles. The zero-order valence-corrected chi connectivity index (χ0v) is 17.5. The number of carbonyl (C=O) groups excluding carboxylic acids is 2. The molecule has 1 aromatic carbocycles. The van der Waals surface area contributed by atoms with Crippen LogP contribution in [0.2, 0.25) is 5.02 Å². The zero-order chi connectivity index (χ0) is 20.4. The van der Waals surface area contributed by atoms with Crippen molar-refractivity contribution < 1.29 is 14.0 Å². The number of likely N-dealkylation sites (tertiary alicyclic amines) is 2. The number of aromatic nitrogens is 1. The van der Waals surface area contributed by atoms with E-state index in [0.717, 1.165) is 38.8 Å². The van der Waals surface area contributed by atoms with Crippen molar-refractivity contribution in [2.24, 2.45) is 0 Å². The molecule has 0 radical (unpaired) electrons. The molecule has 2 aromatic rings. The maximum atomic E-state index is 12.8. The van der Waals surface area contributed by atoms with Gasteiger partial charge in [0, 0.05) is 42.7 Å². The van der Waals surface area contributed by atoms with E-state index in [1.165, 1.54) is 6.42 Å². The smallest absolute Gasteiger partial charge is 0.276 e. The second kappa shape index (κ2) is 8.57. The fraction of sp³-hybridized carbons (Fsp3) is 0.500. The molecule has 29 heavy (non-hydrogen) atoms. The van der Waals surface area contributed by atoms with E-state index in [2.05, 4.69) is 4.98 Å². The average molecular weight is 416 g/mol. The van der Waals surface area contributed by atoms with Crippen LogP contribution >= 0.6 is 11.6 Å². The highest BCUT2D eigenvalue weighted by Crippen LogP contribution is 2.30. The minimum Gasteiger partial charge on any atom is -0.445 e. The highest BCUT2D eigenvalue weighted by Gasteiger charge is 2.30. The molecule has 4 rings (SSSR count). The van der Waals surface area contributed by atoms with Gasteiger partial charge in [-0.15, -0.1) is 0 Å². The van der Waals surface area contributed by atoms with Gasteiger partial charge in [-0.1, -0.05) is 11.6 Å². The summed E-state index contributed by atoms with van der Waals surface area (Å²) < 4.78 is 5.88. The number of amides is 2. The molecule has 0 spiro atoms. The van der Waals surface area contributed by atoms with E-state index in [4.69, 9.17) is 16.0 Å². The van der Waals surface area contributed by atoms with Crippen LogP contribution < -0.4 is 0 Å². The summed E-state index contributed by atoms with van der Waals surface area (Å²) in [5.41, 5.74) is 1.09. The Labute approximate surface area is 175 Å². The molecule has 2 saturated heterocycles. The number of piperidine rings is 2. The SMILES string of the molecule is Cc1oc(C2CCN(C(=O)c3ccc(Cl)cc3)CC2)nc1C(=O)N1CCCCC1. The van der Waals surface area contributed by atoms with Crippen LogP contribution in [0.1, 0.15) is 70.5 Å². The van der Waals surface area contributed by atoms with E-state index in [9.17, 15) is 9.59 Å². The molecule has 2 amide bonds. The normalized spacial score (nSPS) is 18.1. The molecule has 0 unspecified atom stereocenters. The summed E-state index contributed by atoms with van der Waals surface area (Å²) in [6.07, 6.45) is 4.83. The molecule has 7 heteroatoms. The zero-order valence-electron chi connectivity index (χ0n) is 16.7. The Morgan fingerprint density at radius 3 is 2.24 bits per heavy atom. The van der Waals surface area contributed by atoms with Crippen LogP contribution in [0.4, 0.5) is 0 Å². The minimum absolute atomic E-state index is 0.0182. The number of benzene rings is 1. The van der Waals surface area contributed by atoms with Gasteiger partial charge >= 0.3 is 0 Å². The number of nitrogens with zero attached hydrogens (tertiary/aromatic N) is 3. The third-order valence-electron chi connectivity index (χ3n) is 5.88. The van der Waals surface area contributed by atoms with E-state index >= 15 is 0 Å². The van der Waals surface area contributed by atoms with Gasteiger partial charge in [-0.2, -0.15) is 0 Å². The van der Waals surface area contributed by atoms with Gasteiger partial charge in [0.15, 0.2) is 11.6 Å². The lowest BCUT2D eigenvalue weighted by Crippen LogP contribution is -2.38. The first kappa shape index (κ1) is 20.0. The molecular weight excluding hydrogens is 390 g/mol. The van der Waals surface area contributed by atoms with Gasteiger partial charge in [-0.3, -0.25) is 9.59 Å². The summed E-state index contributed by atoms with van der Waals surface area (Å²) in [5.74, 6) is 1.35. The maximum Gasteiger partial charge on any atom is 0.276 e. The summed E-state index contributed by atoms with van der Waals surface area (Å²) in [6, 6.07) is 6.98. The Balaban J connectivity index is 1.39. The summed E-state index contributed by atoms with van der Waals surface area (Å²) in [5, 5.41) is 0.620. The lowest BCUT2D eigenvalue weighted by Gasteiger charge is -2.30. The highest BCUT2D eigenvalue weighted by atomic mass is 35.5. The molecule has 154 valence electrons. The van der Waals surface area contributed by atoms with Crippen LogP contribution in [-0.2, 0) is 0 Å².